The molecule has 1 aliphatic heterocycles. The van der Waals surface area contributed by atoms with Gasteiger partial charge in [0, 0.05) is 12.1 Å². The van der Waals surface area contributed by atoms with E-state index < -0.39 is 0 Å². The van der Waals surface area contributed by atoms with Crippen molar-refractivity contribution in [1.29, 1.82) is 0 Å². The molecule has 0 aliphatic carbocycles. The van der Waals surface area contributed by atoms with E-state index in [2.05, 4.69) is 31.0 Å². The Labute approximate surface area is 102 Å². The summed E-state index contributed by atoms with van der Waals surface area (Å²) in [5, 5.41) is 3.62. The highest BCUT2D eigenvalue weighted by Gasteiger charge is 2.23. The Morgan fingerprint density at radius 2 is 1.88 bits per heavy atom. The van der Waals surface area contributed by atoms with Gasteiger partial charge in [-0.25, -0.2) is 0 Å². The van der Waals surface area contributed by atoms with Crippen molar-refractivity contribution in [3.05, 3.63) is 0 Å². The third-order valence-electron chi connectivity index (χ3n) is 3.45. The smallest absolute Gasteiger partial charge is 0.0252 e. The van der Waals surface area contributed by atoms with Gasteiger partial charge in [0.15, 0.2) is 0 Å². The standard InChI is InChI=1S/C14H30N2/c1-4-5-6-7-8-11-16-12-9-10-15-14(2,3)13-16/h15H,4-13H2,1-3H3. The van der Waals surface area contributed by atoms with Gasteiger partial charge in [-0.15, -0.1) is 0 Å². The molecule has 0 bridgehead atoms. The van der Waals surface area contributed by atoms with Crippen LogP contribution in [0.25, 0.3) is 0 Å². The Balaban J connectivity index is 2.14. The second-order valence-electron chi connectivity index (χ2n) is 5.85. The van der Waals surface area contributed by atoms with Gasteiger partial charge in [-0.05, 0) is 46.3 Å². The lowest BCUT2D eigenvalue weighted by atomic mass is 10.1. The molecule has 0 aromatic carbocycles. The van der Waals surface area contributed by atoms with E-state index in [-0.39, 0.29) is 0 Å². The molecule has 0 aromatic rings. The zero-order valence-corrected chi connectivity index (χ0v) is 11.5. The lowest BCUT2D eigenvalue weighted by molar-refractivity contribution is 0.226. The second kappa shape index (κ2) is 7.29. The highest BCUT2D eigenvalue weighted by Crippen LogP contribution is 2.12. The van der Waals surface area contributed by atoms with Crippen LogP contribution in [0.3, 0.4) is 0 Å². The lowest BCUT2D eigenvalue weighted by Gasteiger charge is -2.30. The van der Waals surface area contributed by atoms with Crippen molar-refractivity contribution in [2.75, 3.05) is 26.2 Å². The van der Waals surface area contributed by atoms with E-state index in [1.54, 1.807) is 0 Å². The number of nitrogens with zero attached hydrogens (tertiary/aromatic N) is 1. The molecule has 1 aliphatic rings. The average Bonchev–Trinajstić information content (AvgIpc) is 2.39. The number of rotatable bonds is 6. The maximum atomic E-state index is 3.62. The molecule has 96 valence electrons. The van der Waals surface area contributed by atoms with Crippen LogP contribution in [-0.4, -0.2) is 36.6 Å². The van der Waals surface area contributed by atoms with Crippen LogP contribution < -0.4 is 5.32 Å². The van der Waals surface area contributed by atoms with Gasteiger partial charge in [-0.1, -0.05) is 32.6 Å². The fourth-order valence-corrected chi connectivity index (χ4v) is 2.55. The summed E-state index contributed by atoms with van der Waals surface area (Å²) in [4.78, 5) is 2.64. The predicted octanol–water partition coefficient (Wildman–Crippen LogP) is 3.03. The van der Waals surface area contributed by atoms with E-state index in [0.29, 0.717) is 5.54 Å². The van der Waals surface area contributed by atoms with Crippen LogP contribution in [0, 0.1) is 0 Å². The first-order valence-electron chi connectivity index (χ1n) is 7.11. The van der Waals surface area contributed by atoms with Gasteiger partial charge in [-0.2, -0.15) is 0 Å². The molecule has 0 amide bonds. The summed E-state index contributed by atoms with van der Waals surface area (Å²) >= 11 is 0. The van der Waals surface area contributed by atoms with Crippen LogP contribution in [-0.2, 0) is 0 Å². The van der Waals surface area contributed by atoms with Gasteiger partial charge in [0.2, 0.25) is 0 Å². The molecule has 0 atom stereocenters. The van der Waals surface area contributed by atoms with Crippen molar-refractivity contribution in [2.45, 2.75) is 64.8 Å². The van der Waals surface area contributed by atoms with Crippen molar-refractivity contribution in [2.24, 2.45) is 0 Å². The summed E-state index contributed by atoms with van der Waals surface area (Å²) in [5.41, 5.74) is 0.305. The van der Waals surface area contributed by atoms with Crippen molar-refractivity contribution < 1.29 is 0 Å². The molecule has 2 nitrogen and oxygen atoms in total. The lowest BCUT2D eigenvalue weighted by Crippen LogP contribution is -2.46. The van der Waals surface area contributed by atoms with Gasteiger partial charge < -0.3 is 10.2 Å². The van der Waals surface area contributed by atoms with E-state index in [1.807, 2.05) is 0 Å². The van der Waals surface area contributed by atoms with Gasteiger partial charge >= 0.3 is 0 Å². The molecule has 1 saturated heterocycles. The summed E-state index contributed by atoms with van der Waals surface area (Å²) in [6.07, 6.45) is 8.28. The summed E-state index contributed by atoms with van der Waals surface area (Å²) in [5.74, 6) is 0. The zero-order chi connectivity index (χ0) is 11.9. The SMILES string of the molecule is CCCCCCCN1CCCNC(C)(C)C1. The Kier molecular flexibility index (Phi) is 6.37. The molecule has 0 unspecified atom stereocenters. The molecule has 0 saturated carbocycles. The number of nitrogens with one attached hydrogen (secondary N) is 1. The molecule has 1 N–H and O–H groups in total. The first-order chi connectivity index (χ1) is 7.64. The molecule has 0 radical (unpaired) electrons. The van der Waals surface area contributed by atoms with Gasteiger partial charge in [0.1, 0.15) is 0 Å². The highest BCUT2D eigenvalue weighted by molar-refractivity contribution is 4.84. The molecular formula is C14H30N2. The van der Waals surface area contributed by atoms with E-state index >= 15 is 0 Å². The van der Waals surface area contributed by atoms with Crippen molar-refractivity contribution >= 4 is 0 Å². The molecule has 0 spiro atoms. The fourth-order valence-electron chi connectivity index (χ4n) is 2.55. The largest absolute Gasteiger partial charge is 0.310 e. The molecule has 1 fully saturated rings. The van der Waals surface area contributed by atoms with Crippen LogP contribution in [0.15, 0.2) is 0 Å². The average molecular weight is 226 g/mol. The highest BCUT2D eigenvalue weighted by atomic mass is 15.2. The minimum Gasteiger partial charge on any atom is -0.310 e. The minimum absolute atomic E-state index is 0.305. The van der Waals surface area contributed by atoms with E-state index in [1.165, 1.54) is 64.7 Å². The molecule has 16 heavy (non-hydrogen) atoms. The van der Waals surface area contributed by atoms with Crippen LogP contribution >= 0.6 is 0 Å². The first kappa shape index (κ1) is 14.0. The van der Waals surface area contributed by atoms with Crippen molar-refractivity contribution in [1.82, 2.24) is 10.2 Å². The van der Waals surface area contributed by atoms with E-state index in [9.17, 15) is 0 Å². The maximum Gasteiger partial charge on any atom is 0.0252 e. The summed E-state index contributed by atoms with van der Waals surface area (Å²) in [6.45, 7) is 11.9. The Morgan fingerprint density at radius 3 is 2.62 bits per heavy atom. The Morgan fingerprint density at radius 1 is 1.12 bits per heavy atom. The molecule has 0 aromatic heterocycles. The van der Waals surface area contributed by atoms with Gasteiger partial charge in [0.05, 0.1) is 0 Å². The quantitative estimate of drug-likeness (QED) is 0.700. The topological polar surface area (TPSA) is 15.3 Å². The minimum atomic E-state index is 0.305. The van der Waals surface area contributed by atoms with Crippen molar-refractivity contribution in [3.8, 4) is 0 Å². The first-order valence-corrected chi connectivity index (χ1v) is 7.11. The van der Waals surface area contributed by atoms with Gasteiger partial charge in [-0.3, -0.25) is 0 Å². The molecule has 2 heteroatoms. The zero-order valence-electron chi connectivity index (χ0n) is 11.5. The fraction of sp³-hybridized carbons (Fsp3) is 1.00. The van der Waals surface area contributed by atoms with E-state index in [4.69, 9.17) is 0 Å². The predicted molar refractivity (Wildman–Crippen MR) is 71.9 cm³/mol. The molecule has 1 heterocycles. The second-order valence-corrected chi connectivity index (χ2v) is 5.85. The summed E-state index contributed by atoms with van der Waals surface area (Å²) in [7, 11) is 0. The molecular weight excluding hydrogens is 196 g/mol. The van der Waals surface area contributed by atoms with Crippen molar-refractivity contribution in [3.63, 3.8) is 0 Å². The maximum absolute atomic E-state index is 3.62. The van der Waals surface area contributed by atoms with Gasteiger partial charge in [0.25, 0.3) is 0 Å². The number of hydrogen-bond acceptors (Lipinski definition) is 2. The Bertz CT molecular complexity index is 178. The van der Waals surface area contributed by atoms with E-state index in [0.717, 1.165) is 0 Å². The molecule has 1 rings (SSSR count). The third kappa shape index (κ3) is 5.86. The van der Waals surface area contributed by atoms with Crippen LogP contribution in [0.4, 0.5) is 0 Å². The Hall–Kier alpha value is -0.0800. The van der Waals surface area contributed by atoms with Crippen LogP contribution in [0.1, 0.15) is 59.3 Å². The van der Waals surface area contributed by atoms with Crippen LogP contribution in [0.5, 0.6) is 0 Å². The number of unbranched alkanes of at least 4 members (excludes halogenated alkanes) is 4. The summed E-state index contributed by atoms with van der Waals surface area (Å²) < 4.78 is 0. The monoisotopic (exact) mass is 226 g/mol. The number of hydrogen-bond donors (Lipinski definition) is 1. The van der Waals surface area contributed by atoms with Crippen LogP contribution in [0.2, 0.25) is 0 Å². The summed E-state index contributed by atoms with van der Waals surface area (Å²) in [6, 6.07) is 0. The third-order valence-corrected chi connectivity index (χ3v) is 3.45. The normalized spacial score (nSPS) is 21.9.